The van der Waals surface area contributed by atoms with Gasteiger partial charge >= 0.3 is 0 Å². The lowest BCUT2D eigenvalue weighted by Crippen LogP contribution is -2.29. The summed E-state index contributed by atoms with van der Waals surface area (Å²) < 4.78 is 5.24. The lowest BCUT2D eigenvalue weighted by atomic mass is 9.96. The maximum Gasteiger partial charge on any atom is 0.181 e. The molecule has 1 rings (SSSR count). The molecule has 1 saturated heterocycles. The lowest BCUT2D eigenvalue weighted by molar-refractivity contribution is 0.203. The fourth-order valence-corrected chi connectivity index (χ4v) is 1.23. The van der Waals surface area contributed by atoms with Gasteiger partial charge in [-0.1, -0.05) is 20.8 Å². The molecule has 0 bridgehead atoms. The summed E-state index contributed by atoms with van der Waals surface area (Å²) in [4.78, 5) is 2.19. The van der Waals surface area contributed by atoms with E-state index in [1.165, 1.54) is 0 Å². The van der Waals surface area contributed by atoms with Crippen molar-refractivity contribution in [1.29, 1.82) is 0 Å². The van der Waals surface area contributed by atoms with Crippen molar-refractivity contribution < 1.29 is 4.74 Å². The molecule has 1 aliphatic rings. The number of hydrogen-bond acceptors (Lipinski definition) is 2. The van der Waals surface area contributed by atoms with Gasteiger partial charge in [0.1, 0.15) is 6.61 Å². The minimum absolute atomic E-state index is 0.330. The van der Waals surface area contributed by atoms with Crippen LogP contribution in [0.4, 0.5) is 0 Å². The topological polar surface area (TPSA) is 12.5 Å². The van der Waals surface area contributed by atoms with Gasteiger partial charge in [0.05, 0.1) is 6.54 Å². The molecular formula is C9H17NO. The molecule has 2 heteroatoms. The van der Waals surface area contributed by atoms with Gasteiger partial charge in [-0.2, -0.15) is 0 Å². The average Bonchev–Trinajstić information content (AvgIpc) is 2.12. The Kier molecular flexibility index (Phi) is 2.12. The highest BCUT2D eigenvalue weighted by molar-refractivity contribution is 4.90. The van der Waals surface area contributed by atoms with Crippen LogP contribution in [-0.2, 0) is 4.74 Å². The van der Waals surface area contributed by atoms with Crippen LogP contribution >= 0.6 is 0 Å². The van der Waals surface area contributed by atoms with Gasteiger partial charge in [0.2, 0.25) is 0 Å². The van der Waals surface area contributed by atoms with E-state index in [0.717, 1.165) is 25.6 Å². The Morgan fingerprint density at radius 1 is 1.55 bits per heavy atom. The lowest BCUT2D eigenvalue weighted by Gasteiger charge is -2.26. The van der Waals surface area contributed by atoms with Crippen molar-refractivity contribution in [3.05, 3.63) is 12.5 Å². The largest absolute Gasteiger partial charge is 0.478 e. The first-order valence-corrected chi connectivity index (χ1v) is 4.06. The average molecular weight is 155 g/mol. The zero-order chi connectivity index (χ0) is 8.48. The Balaban J connectivity index is 2.43. The summed E-state index contributed by atoms with van der Waals surface area (Å²) in [5, 5.41) is 0. The second-order valence-electron chi connectivity index (χ2n) is 4.22. The van der Waals surface area contributed by atoms with E-state index in [0.29, 0.717) is 5.41 Å². The number of ether oxygens (including phenoxy) is 1. The van der Waals surface area contributed by atoms with Gasteiger partial charge in [0.15, 0.2) is 5.88 Å². The summed E-state index contributed by atoms with van der Waals surface area (Å²) in [5.41, 5.74) is 0.330. The number of nitrogens with zero attached hydrogens (tertiary/aromatic N) is 1. The SMILES string of the molecule is C=C1OCCN1CC(C)(C)C. The molecule has 2 nitrogen and oxygen atoms in total. The predicted molar refractivity (Wildman–Crippen MR) is 46.1 cm³/mol. The fraction of sp³-hybridized carbons (Fsp3) is 0.778. The summed E-state index contributed by atoms with van der Waals surface area (Å²) in [6, 6.07) is 0. The van der Waals surface area contributed by atoms with Gasteiger partial charge in [-0.25, -0.2) is 0 Å². The van der Waals surface area contributed by atoms with Crippen molar-refractivity contribution in [3.8, 4) is 0 Å². The minimum Gasteiger partial charge on any atom is -0.478 e. The monoisotopic (exact) mass is 155 g/mol. The van der Waals surface area contributed by atoms with E-state index in [4.69, 9.17) is 4.74 Å². The van der Waals surface area contributed by atoms with Crippen molar-refractivity contribution >= 4 is 0 Å². The Labute approximate surface area is 68.8 Å². The summed E-state index contributed by atoms with van der Waals surface area (Å²) >= 11 is 0. The quantitative estimate of drug-likeness (QED) is 0.573. The van der Waals surface area contributed by atoms with Crippen molar-refractivity contribution in [2.24, 2.45) is 5.41 Å². The van der Waals surface area contributed by atoms with Gasteiger partial charge in [-0.15, -0.1) is 0 Å². The van der Waals surface area contributed by atoms with E-state index in [1.54, 1.807) is 0 Å². The Bertz CT molecular complexity index is 157. The molecule has 1 heterocycles. The molecule has 11 heavy (non-hydrogen) atoms. The van der Waals surface area contributed by atoms with Crippen molar-refractivity contribution in [2.45, 2.75) is 20.8 Å². The van der Waals surface area contributed by atoms with Crippen LogP contribution in [0.5, 0.6) is 0 Å². The molecule has 0 aromatic rings. The summed E-state index contributed by atoms with van der Waals surface area (Å²) in [7, 11) is 0. The third-order valence-electron chi connectivity index (χ3n) is 1.65. The van der Waals surface area contributed by atoms with Crippen LogP contribution in [0.3, 0.4) is 0 Å². The third kappa shape index (κ3) is 2.45. The molecule has 0 saturated carbocycles. The molecule has 1 aliphatic heterocycles. The molecule has 64 valence electrons. The molecule has 0 amide bonds. The van der Waals surface area contributed by atoms with E-state index in [1.807, 2.05) is 0 Å². The highest BCUT2D eigenvalue weighted by Gasteiger charge is 2.21. The zero-order valence-corrected chi connectivity index (χ0v) is 7.68. The smallest absolute Gasteiger partial charge is 0.181 e. The van der Waals surface area contributed by atoms with Crippen LogP contribution in [0.1, 0.15) is 20.8 Å². The van der Waals surface area contributed by atoms with Gasteiger partial charge in [-0.3, -0.25) is 0 Å². The highest BCUT2D eigenvalue weighted by atomic mass is 16.5. The first kappa shape index (κ1) is 8.44. The first-order chi connectivity index (χ1) is 4.99. The maximum absolute atomic E-state index is 5.24. The molecular weight excluding hydrogens is 138 g/mol. The van der Waals surface area contributed by atoms with Crippen molar-refractivity contribution in [3.63, 3.8) is 0 Å². The highest BCUT2D eigenvalue weighted by Crippen LogP contribution is 2.20. The maximum atomic E-state index is 5.24. The van der Waals surface area contributed by atoms with E-state index < -0.39 is 0 Å². The molecule has 0 aliphatic carbocycles. The molecule has 1 fully saturated rings. The zero-order valence-electron chi connectivity index (χ0n) is 7.68. The fourth-order valence-electron chi connectivity index (χ4n) is 1.23. The van der Waals surface area contributed by atoms with Gasteiger partial charge in [0.25, 0.3) is 0 Å². The minimum atomic E-state index is 0.330. The second-order valence-corrected chi connectivity index (χ2v) is 4.22. The van der Waals surface area contributed by atoms with E-state index in [2.05, 4.69) is 32.3 Å². The van der Waals surface area contributed by atoms with Crippen molar-refractivity contribution in [1.82, 2.24) is 4.90 Å². The molecule has 0 atom stereocenters. The Hall–Kier alpha value is -0.660. The Morgan fingerprint density at radius 2 is 2.18 bits per heavy atom. The van der Waals surface area contributed by atoms with Gasteiger partial charge in [0, 0.05) is 6.54 Å². The normalized spacial score (nSPS) is 18.8. The summed E-state index contributed by atoms with van der Waals surface area (Å²) in [6.07, 6.45) is 0. The Morgan fingerprint density at radius 3 is 2.55 bits per heavy atom. The van der Waals surface area contributed by atoms with E-state index >= 15 is 0 Å². The van der Waals surface area contributed by atoms with Gasteiger partial charge in [-0.05, 0) is 12.0 Å². The van der Waals surface area contributed by atoms with Gasteiger partial charge < -0.3 is 9.64 Å². The van der Waals surface area contributed by atoms with Crippen LogP contribution < -0.4 is 0 Å². The first-order valence-electron chi connectivity index (χ1n) is 4.06. The van der Waals surface area contributed by atoms with E-state index in [-0.39, 0.29) is 0 Å². The third-order valence-corrected chi connectivity index (χ3v) is 1.65. The number of hydrogen-bond donors (Lipinski definition) is 0. The van der Waals surface area contributed by atoms with Crippen LogP contribution in [0.25, 0.3) is 0 Å². The van der Waals surface area contributed by atoms with Crippen LogP contribution in [0.2, 0.25) is 0 Å². The molecule has 0 unspecified atom stereocenters. The number of rotatable bonds is 1. The van der Waals surface area contributed by atoms with E-state index in [9.17, 15) is 0 Å². The summed E-state index contributed by atoms with van der Waals surface area (Å²) in [5.74, 6) is 0.833. The molecule has 0 radical (unpaired) electrons. The van der Waals surface area contributed by atoms with Crippen LogP contribution in [-0.4, -0.2) is 24.6 Å². The van der Waals surface area contributed by atoms with Crippen molar-refractivity contribution in [2.75, 3.05) is 19.7 Å². The predicted octanol–water partition coefficient (Wildman–Crippen LogP) is 1.84. The van der Waals surface area contributed by atoms with Crippen LogP contribution in [0, 0.1) is 5.41 Å². The molecule has 0 N–H and O–H groups in total. The molecule has 0 aromatic heterocycles. The standard InChI is InChI=1S/C9H17NO/c1-8-10(5-6-11-8)7-9(2,3)4/h1,5-7H2,2-4H3. The second kappa shape index (κ2) is 2.76. The molecule has 0 spiro atoms. The molecule has 0 aromatic carbocycles. The van der Waals surface area contributed by atoms with Crippen LogP contribution in [0.15, 0.2) is 12.5 Å². The summed E-state index contributed by atoms with van der Waals surface area (Å²) in [6.45, 7) is 13.3.